The van der Waals surface area contributed by atoms with Crippen molar-refractivity contribution in [3.05, 3.63) is 23.3 Å². The molecule has 1 unspecified atom stereocenters. The van der Waals surface area contributed by atoms with Gasteiger partial charge in [0, 0.05) is 37.7 Å². The molecule has 1 atom stereocenters. The Morgan fingerprint density at radius 3 is 2.35 bits per heavy atom. The maximum atomic E-state index is 14.3. The van der Waals surface area contributed by atoms with Crippen LogP contribution in [0.15, 0.2) is 17.1 Å². The smallest absolute Gasteiger partial charge is 0.421 e. The first-order valence-electron chi connectivity index (χ1n) is 10.9. The number of methoxy groups -OCH3 is 1. The number of ether oxygens (including phenoxy) is 2. The molecule has 1 N–H and O–H groups in total. The minimum atomic E-state index is -4.85. The summed E-state index contributed by atoms with van der Waals surface area (Å²) in [7, 11) is 3.17. The molecule has 0 heterocycles. The third kappa shape index (κ3) is 5.71. The minimum absolute atomic E-state index is 0.0129. The van der Waals surface area contributed by atoms with Gasteiger partial charge in [-0.1, -0.05) is 6.92 Å². The second-order valence-corrected chi connectivity index (χ2v) is 8.27. The fraction of sp³-hybridized carbons (Fsp3) is 0.696. The van der Waals surface area contributed by atoms with Crippen LogP contribution in [0.25, 0.3) is 0 Å². The topological polar surface area (TPSA) is 54.3 Å². The van der Waals surface area contributed by atoms with Crippen LogP contribution in [-0.4, -0.2) is 55.9 Å². The average Bonchev–Trinajstić information content (AvgIpc) is 2.75. The van der Waals surface area contributed by atoms with Crippen molar-refractivity contribution in [2.75, 3.05) is 27.3 Å². The Balaban J connectivity index is 2.42. The summed E-state index contributed by atoms with van der Waals surface area (Å²) in [6.07, 6.45) is -0.958. The molecule has 5 nitrogen and oxygen atoms in total. The van der Waals surface area contributed by atoms with Gasteiger partial charge in [-0.15, -0.1) is 0 Å². The lowest BCUT2D eigenvalue weighted by Crippen LogP contribution is -2.50. The predicted octanol–water partition coefficient (Wildman–Crippen LogP) is 5.35. The average molecular weight is 445 g/mol. The van der Waals surface area contributed by atoms with Crippen molar-refractivity contribution < 1.29 is 27.8 Å². The highest BCUT2D eigenvalue weighted by Crippen LogP contribution is 2.52. The monoisotopic (exact) mass is 444 g/mol. The van der Waals surface area contributed by atoms with E-state index in [1.54, 1.807) is 13.3 Å². The number of aliphatic hydroxyl groups is 1. The molecular formula is C23H35F3N2O3. The van der Waals surface area contributed by atoms with Gasteiger partial charge in [0.25, 0.3) is 0 Å². The van der Waals surface area contributed by atoms with Gasteiger partial charge < -0.3 is 19.5 Å². The Bertz CT molecular complexity index is 746. The lowest BCUT2D eigenvalue weighted by atomic mass is 9.71. The van der Waals surface area contributed by atoms with Crippen LogP contribution in [0.2, 0.25) is 0 Å². The van der Waals surface area contributed by atoms with Crippen LogP contribution < -0.4 is 4.74 Å². The summed E-state index contributed by atoms with van der Waals surface area (Å²) in [5.41, 5.74) is -2.21. The van der Waals surface area contributed by atoms with E-state index in [0.717, 1.165) is 13.0 Å². The SMILES string of the molecule is CCCOC1CCC(C(O)(c2cc(C)c(N=CN(C)CC)cc2OC)C(F)(F)F)CC1. The van der Waals surface area contributed by atoms with Crippen molar-refractivity contribution in [1.29, 1.82) is 0 Å². The van der Waals surface area contributed by atoms with Crippen LogP contribution in [-0.2, 0) is 10.3 Å². The molecule has 0 amide bonds. The molecule has 8 heteroatoms. The summed E-state index contributed by atoms with van der Waals surface area (Å²) in [4.78, 5) is 6.22. The first-order chi connectivity index (χ1) is 14.6. The van der Waals surface area contributed by atoms with E-state index in [-0.39, 0.29) is 30.3 Å². The lowest BCUT2D eigenvalue weighted by molar-refractivity contribution is -0.292. The van der Waals surface area contributed by atoms with Crippen molar-refractivity contribution in [3.8, 4) is 5.75 Å². The first kappa shape index (κ1) is 25.5. The molecule has 176 valence electrons. The summed E-state index contributed by atoms with van der Waals surface area (Å²) in [5, 5.41) is 11.2. The number of halogens is 3. The summed E-state index contributed by atoms with van der Waals surface area (Å²) < 4.78 is 54.1. The molecule has 1 aromatic carbocycles. The molecule has 1 aliphatic carbocycles. The van der Waals surface area contributed by atoms with E-state index in [0.29, 0.717) is 30.7 Å². The number of aliphatic imine (C=N–C) groups is 1. The maximum Gasteiger partial charge on any atom is 0.421 e. The van der Waals surface area contributed by atoms with E-state index in [9.17, 15) is 18.3 Å². The predicted molar refractivity (Wildman–Crippen MR) is 116 cm³/mol. The van der Waals surface area contributed by atoms with E-state index in [4.69, 9.17) is 9.47 Å². The normalized spacial score (nSPS) is 21.8. The highest BCUT2D eigenvalue weighted by molar-refractivity contribution is 5.65. The number of alkyl halides is 3. The number of hydrogen-bond acceptors (Lipinski definition) is 4. The van der Waals surface area contributed by atoms with E-state index < -0.39 is 17.7 Å². The molecule has 0 saturated heterocycles. The quantitative estimate of drug-likeness (QED) is 0.412. The van der Waals surface area contributed by atoms with E-state index in [1.165, 1.54) is 19.2 Å². The third-order valence-electron chi connectivity index (χ3n) is 6.08. The standard InChI is InChI=1S/C23H35F3N2O3/c1-6-12-31-18-10-8-17(9-11-18)22(29,23(24,25)26)19-13-16(3)20(14-21(19)30-5)27-15-28(4)7-2/h13-15,17-18,29H,6-12H2,1-5H3. The molecule has 1 fully saturated rings. The molecule has 0 aromatic heterocycles. The van der Waals surface area contributed by atoms with Gasteiger partial charge >= 0.3 is 6.18 Å². The molecule has 0 spiro atoms. The lowest BCUT2D eigenvalue weighted by Gasteiger charge is -2.42. The van der Waals surface area contributed by atoms with Crippen LogP contribution >= 0.6 is 0 Å². The number of benzene rings is 1. The molecule has 0 bridgehead atoms. The number of nitrogens with zero attached hydrogens (tertiary/aromatic N) is 2. The van der Waals surface area contributed by atoms with Crippen molar-refractivity contribution >= 4 is 12.0 Å². The number of hydrogen-bond donors (Lipinski definition) is 1. The fourth-order valence-electron chi connectivity index (χ4n) is 4.06. The molecule has 2 rings (SSSR count). The first-order valence-corrected chi connectivity index (χ1v) is 10.9. The molecule has 0 radical (unpaired) electrons. The van der Waals surface area contributed by atoms with E-state index >= 15 is 0 Å². The Hall–Kier alpha value is -1.80. The largest absolute Gasteiger partial charge is 0.496 e. The van der Waals surface area contributed by atoms with Gasteiger partial charge in [0.15, 0.2) is 5.60 Å². The maximum absolute atomic E-state index is 14.3. The van der Waals surface area contributed by atoms with Crippen LogP contribution in [0.5, 0.6) is 5.75 Å². The van der Waals surface area contributed by atoms with Gasteiger partial charge in [0.1, 0.15) is 5.75 Å². The van der Waals surface area contributed by atoms with Crippen LogP contribution in [0.1, 0.15) is 57.1 Å². The van der Waals surface area contributed by atoms with E-state index in [1.807, 2.05) is 25.8 Å². The van der Waals surface area contributed by atoms with E-state index in [2.05, 4.69) is 4.99 Å². The second-order valence-electron chi connectivity index (χ2n) is 8.27. The Morgan fingerprint density at radius 1 is 1.19 bits per heavy atom. The van der Waals surface area contributed by atoms with Crippen LogP contribution in [0, 0.1) is 12.8 Å². The summed E-state index contributed by atoms with van der Waals surface area (Å²) >= 11 is 0. The number of rotatable bonds is 9. The third-order valence-corrected chi connectivity index (χ3v) is 6.08. The van der Waals surface area contributed by atoms with Gasteiger partial charge in [-0.05, 0) is 57.6 Å². The molecular weight excluding hydrogens is 409 g/mol. The van der Waals surface area contributed by atoms with Gasteiger partial charge in [0.2, 0.25) is 0 Å². The summed E-state index contributed by atoms with van der Waals surface area (Å²) in [6.45, 7) is 7.00. The molecule has 0 aliphatic heterocycles. The van der Waals surface area contributed by atoms with Crippen molar-refractivity contribution in [2.24, 2.45) is 10.9 Å². The van der Waals surface area contributed by atoms with Crippen LogP contribution in [0.4, 0.5) is 18.9 Å². The van der Waals surface area contributed by atoms with Crippen LogP contribution in [0.3, 0.4) is 0 Å². The van der Waals surface area contributed by atoms with Gasteiger partial charge in [0.05, 0.1) is 25.2 Å². The summed E-state index contributed by atoms with van der Waals surface area (Å²) in [5.74, 6) is -0.982. The molecule has 31 heavy (non-hydrogen) atoms. The Labute approximate surface area is 183 Å². The molecule has 1 aromatic rings. The Morgan fingerprint density at radius 2 is 1.84 bits per heavy atom. The fourth-order valence-corrected chi connectivity index (χ4v) is 4.06. The zero-order chi connectivity index (χ0) is 23.2. The minimum Gasteiger partial charge on any atom is -0.496 e. The highest BCUT2D eigenvalue weighted by atomic mass is 19.4. The zero-order valence-corrected chi connectivity index (χ0v) is 19.1. The van der Waals surface area contributed by atoms with Gasteiger partial charge in [-0.2, -0.15) is 13.2 Å². The van der Waals surface area contributed by atoms with Crippen molar-refractivity contribution in [2.45, 2.75) is 70.8 Å². The van der Waals surface area contributed by atoms with Crippen molar-refractivity contribution in [1.82, 2.24) is 4.90 Å². The number of aryl methyl sites for hydroxylation is 1. The van der Waals surface area contributed by atoms with Gasteiger partial charge in [-0.3, -0.25) is 0 Å². The molecule has 1 saturated carbocycles. The molecule has 1 aliphatic rings. The van der Waals surface area contributed by atoms with Crippen molar-refractivity contribution in [3.63, 3.8) is 0 Å². The Kier molecular flexibility index (Phi) is 8.77. The highest BCUT2D eigenvalue weighted by Gasteiger charge is 2.61. The zero-order valence-electron chi connectivity index (χ0n) is 19.1. The van der Waals surface area contributed by atoms with Gasteiger partial charge in [-0.25, -0.2) is 4.99 Å². The summed E-state index contributed by atoms with van der Waals surface area (Å²) in [6, 6.07) is 2.84. The second kappa shape index (κ2) is 10.7.